The zero-order valence-corrected chi connectivity index (χ0v) is 19.7. The van der Waals surface area contributed by atoms with Gasteiger partial charge in [-0.1, -0.05) is 72.8 Å². The quantitative estimate of drug-likeness (QED) is 0.244. The molecule has 1 aromatic heterocycles. The fourth-order valence-electron chi connectivity index (χ4n) is 5.06. The van der Waals surface area contributed by atoms with Gasteiger partial charge in [-0.3, -0.25) is 0 Å². The molecule has 5 aromatic carbocycles. The summed E-state index contributed by atoms with van der Waals surface area (Å²) in [4.78, 5) is 3.72. The molecule has 4 heteroatoms. The molecule has 4 nitrogen and oxygen atoms in total. The van der Waals surface area contributed by atoms with E-state index in [0.29, 0.717) is 22.4 Å². The molecule has 0 N–H and O–H groups in total. The number of fused-ring (bicyclic) bond motifs is 3. The van der Waals surface area contributed by atoms with Crippen LogP contribution in [-0.4, -0.2) is 4.57 Å². The number of nitrogens with zero attached hydrogens (tertiary/aromatic N) is 4. The van der Waals surface area contributed by atoms with Crippen molar-refractivity contribution in [1.29, 1.82) is 10.5 Å². The minimum Gasteiger partial charge on any atom is -0.309 e. The molecule has 0 unspecified atom stereocenters. The van der Waals surface area contributed by atoms with E-state index in [1.165, 1.54) is 0 Å². The molecular weight excluding hydrogens is 452 g/mol. The van der Waals surface area contributed by atoms with E-state index in [-0.39, 0.29) is 0 Å². The first-order valence-electron chi connectivity index (χ1n) is 11.8. The molecule has 6 aromatic rings. The number of rotatable bonds is 3. The van der Waals surface area contributed by atoms with Crippen LogP contribution in [0, 0.1) is 29.2 Å². The number of hydrogen-bond donors (Lipinski definition) is 0. The maximum Gasteiger partial charge on any atom is 0.194 e. The van der Waals surface area contributed by atoms with Crippen molar-refractivity contribution in [2.24, 2.45) is 0 Å². The Bertz CT molecular complexity index is 1930. The highest BCUT2D eigenvalue weighted by molar-refractivity contribution is 6.11. The maximum atomic E-state index is 9.76. The SMILES string of the molecule is [C-]#[N+]c1ccccc1-c1ccc2c3ccc(-c4c(C#N)cccc4C#N)cc3n(-c3ccccc3)c2c1. The fourth-order valence-corrected chi connectivity index (χ4v) is 5.06. The van der Waals surface area contributed by atoms with Crippen LogP contribution >= 0.6 is 0 Å². The standard InChI is InChI=1S/C33H18N4/c1-36-30-13-6-5-12-27(30)22-14-16-28-29-17-15-23(33-24(20-34)8-7-9-25(33)21-35)19-32(29)37(31(28)18-22)26-10-3-2-4-11-26/h2-19H. The molecule has 170 valence electrons. The Hall–Kier alpha value is -5.63. The van der Waals surface area contributed by atoms with Gasteiger partial charge in [0.15, 0.2) is 5.69 Å². The summed E-state index contributed by atoms with van der Waals surface area (Å²) in [5.41, 5.74) is 7.89. The van der Waals surface area contributed by atoms with Crippen molar-refractivity contribution in [2.45, 2.75) is 0 Å². The second-order valence-corrected chi connectivity index (χ2v) is 8.72. The van der Waals surface area contributed by atoms with Crippen LogP contribution in [0.1, 0.15) is 11.1 Å². The summed E-state index contributed by atoms with van der Waals surface area (Å²) >= 11 is 0. The summed E-state index contributed by atoms with van der Waals surface area (Å²) in [6, 6.07) is 39.9. The first-order valence-corrected chi connectivity index (χ1v) is 11.8. The maximum absolute atomic E-state index is 9.76. The number of hydrogen-bond acceptors (Lipinski definition) is 2. The van der Waals surface area contributed by atoms with E-state index >= 15 is 0 Å². The normalized spacial score (nSPS) is 10.6. The first-order chi connectivity index (χ1) is 18.2. The third-order valence-corrected chi connectivity index (χ3v) is 6.71. The molecule has 0 aliphatic carbocycles. The summed E-state index contributed by atoms with van der Waals surface area (Å²) in [7, 11) is 0. The molecule has 0 saturated heterocycles. The van der Waals surface area contributed by atoms with Gasteiger partial charge in [0.05, 0.1) is 40.9 Å². The van der Waals surface area contributed by atoms with Crippen molar-refractivity contribution in [1.82, 2.24) is 4.57 Å². The van der Waals surface area contributed by atoms with Crippen LogP contribution in [-0.2, 0) is 0 Å². The van der Waals surface area contributed by atoms with Crippen molar-refractivity contribution in [3.8, 4) is 40.1 Å². The van der Waals surface area contributed by atoms with Gasteiger partial charge in [0.2, 0.25) is 0 Å². The van der Waals surface area contributed by atoms with Gasteiger partial charge < -0.3 is 4.57 Å². The van der Waals surface area contributed by atoms with Crippen LogP contribution in [0.4, 0.5) is 5.69 Å². The third kappa shape index (κ3) is 3.52. The zero-order chi connectivity index (χ0) is 25.4. The molecular formula is C33H18N4. The predicted octanol–water partition coefficient (Wildman–Crippen LogP) is 8.41. The second kappa shape index (κ2) is 8.86. The summed E-state index contributed by atoms with van der Waals surface area (Å²) < 4.78 is 2.21. The Morgan fingerprint density at radius 3 is 1.86 bits per heavy atom. The highest BCUT2D eigenvalue weighted by Gasteiger charge is 2.17. The lowest BCUT2D eigenvalue weighted by molar-refractivity contribution is 1.18. The van der Waals surface area contributed by atoms with Gasteiger partial charge in [0, 0.05) is 22.0 Å². The van der Waals surface area contributed by atoms with Crippen molar-refractivity contribution in [2.75, 3.05) is 0 Å². The van der Waals surface area contributed by atoms with Crippen LogP contribution in [0.2, 0.25) is 0 Å². The molecule has 0 bridgehead atoms. The van der Waals surface area contributed by atoms with Gasteiger partial charge in [-0.05, 0) is 53.1 Å². The molecule has 0 saturated carbocycles. The van der Waals surface area contributed by atoms with Gasteiger partial charge in [-0.15, -0.1) is 0 Å². The van der Waals surface area contributed by atoms with Gasteiger partial charge in [0.25, 0.3) is 0 Å². The monoisotopic (exact) mass is 470 g/mol. The molecule has 0 amide bonds. The number of nitriles is 2. The van der Waals surface area contributed by atoms with E-state index < -0.39 is 0 Å². The molecule has 0 aliphatic heterocycles. The van der Waals surface area contributed by atoms with E-state index in [1.54, 1.807) is 18.2 Å². The predicted molar refractivity (Wildman–Crippen MR) is 147 cm³/mol. The highest BCUT2D eigenvalue weighted by atomic mass is 15.0. The summed E-state index contributed by atoms with van der Waals surface area (Å²) in [6.45, 7) is 7.61. The Labute approximate surface area is 214 Å². The van der Waals surface area contributed by atoms with Crippen molar-refractivity contribution < 1.29 is 0 Å². The molecule has 6 rings (SSSR count). The van der Waals surface area contributed by atoms with Crippen LogP contribution in [0.3, 0.4) is 0 Å². The molecule has 0 atom stereocenters. The molecule has 0 aliphatic rings. The van der Waals surface area contributed by atoms with Crippen LogP contribution in [0.15, 0.2) is 109 Å². The Kier molecular flexibility index (Phi) is 5.24. The zero-order valence-electron chi connectivity index (χ0n) is 19.7. The topological polar surface area (TPSA) is 56.9 Å². The highest BCUT2D eigenvalue weighted by Crippen LogP contribution is 2.39. The van der Waals surface area contributed by atoms with Crippen LogP contribution < -0.4 is 0 Å². The average Bonchev–Trinajstić information content (AvgIpc) is 3.29. The summed E-state index contributed by atoms with van der Waals surface area (Å²) in [5, 5.41) is 21.7. The minimum absolute atomic E-state index is 0.471. The third-order valence-electron chi connectivity index (χ3n) is 6.71. The first kappa shape index (κ1) is 21.9. The van der Waals surface area contributed by atoms with Crippen LogP contribution in [0.5, 0.6) is 0 Å². The second-order valence-electron chi connectivity index (χ2n) is 8.72. The Morgan fingerprint density at radius 2 is 1.22 bits per heavy atom. The lowest BCUT2D eigenvalue weighted by atomic mass is 9.94. The molecule has 37 heavy (non-hydrogen) atoms. The molecule has 1 heterocycles. The lowest BCUT2D eigenvalue weighted by Gasteiger charge is -2.11. The van der Waals surface area contributed by atoms with E-state index in [0.717, 1.165) is 44.2 Å². The van der Waals surface area contributed by atoms with Gasteiger partial charge >= 0.3 is 0 Å². The minimum atomic E-state index is 0.471. The molecule has 0 fully saturated rings. The number of benzene rings is 5. The van der Waals surface area contributed by atoms with Gasteiger partial charge in [-0.2, -0.15) is 10.5 Å². The molecule has 0 spiro atoms. The van der Waals surface area contributed by atoms with E-state index in [9.17, 15) is 10.5 Å². The smallest absolute Gasteiger partial charge is 0.194 e. The Morgan fingerprint density at radius 1 is 0.622 bits per heavy atom. The Balaban J connectivity index is 1.70. The van der Waals surface area contributed by atoms with E-state index in [4.69, 9.17) is 6.57 Å². The van der Waals surface area contributed by atoms with Crippen LogP contribution in [0.25, 0.3) is 54.6 Å². The number of aromatic nitrogens is 1. The van der Waals surface area contributed by atoms with Crippen molar-refractivity contribution in [3.05, 3.63) is 132 Å². The van der Waals surface area contributed by atoms with Gasteiger partial charge in [-0.25, -0.2) is 4.85 Å². The van der Waals surface area contributed by atoms with E-state index in [1.807, 2.05) is 48.5 Å². The summed E-state index contributed by atoms with van der Waals surface area (Å²) in [6.07, 6.45) is 0. The fraction of sp³-hybridized carbons (Fsp3) is 0. The summed E-state index contributed by atoms with van der Waals surface area (Å²) in [5.74, 6) is 0. The number of para-hydroxylation sites is 2. The average molecular weight is 471 g/mol. The van der Waals surface area contributed by atoms with Crippen molar-refractivity contribution >= 4 is 27.5 Å². The largest absolute Gasteiger partial charge is 0.309 e. The lowest BCUT2D eigenvalue weighted by Crippen LogP contribution is -1.95. The van der Waals surface area contributed by atoms with Crippen molar-refractivity contribution in [3.63, 3.8) is 0 Å². The van der Waals surface area contributed by atoms with E-state index in [2.05, 4.69) is 64.0 Å². The van der Waals surface area contributed by atoms with Gasteiger partial charge in [0.1, 0.15) is 0 Å². The molecule has 0 radical (unpaired) electrons.